The van der Waals surface area contributed by atoms with Crippen molar-refractivity contribution in [2.24, 2.45) is 0 Å². The van der Waals surface area contributed by atoms with Gasteiger partial charge in [0.2, 0.25) is 0 Å². The predicted molar refractivity (Wildman–Crippen MR) is 90.7 cm³/mol. The van der Waals surface area contributed by atoms with Crippen molar-refractivity contribution in [3.8, 4) is 0 Å². The van der Waals surface area contributed by atoms with E-state index in [1.807, 2.05) is 6.07 Å². The van der Waals surface area contributed by atoms with E-state index < -0.39 is 0 Å². The van der Waals surface area contributed by atoms with Crippen LogP contribution in [0.1, 0.15) is 48.5 Å². The molecule has 1 aromatic heterocycles. The number of rotatable bonds is 3. The number of furan rings is 1. The number of benzene rings is 1. The van der Waals surface area contributed by atoms with Gasteiger partial charge >= 0.3 is 0 Å². The predicted octanol–water partition coefficient (Wildman–Crippen LogP) is 3.35. The maximum Gasteiger partial charge on any atom is 0.255 e. The Morgan fingerprint density at radius 3 is 2.74 bits per heavy atom. The maximum absolute atomic E-state index is 12.7. The molecule has 0 radical (unpaired) electrons. The molecule has 23 heavy (non-hydrogen) atoms. The van der Waals surface area contributed by atoms with Crippen LogP contribution in [0.4, 0.5) is 0 Å². The summed E-state index contributed by atoms with van der Waals surface area (Å²) >= 11 is 0. The minimum Gasteiger partial charge on any atom is -0.463 e. The largest absolute Gasteiger partial charge is 0.463 e. The summed E-state index contributed by atoms with van der Waals surface area (Å²) < 4.78 is 5.56. The zero-order chi connectivity index (χ0) is 16.0. The van der Waals surface area contributed by atoms with Gasteiger partial charge in [0.05, 0.1) is 5.56 Å². The van der Waals surface area contributed by atoms with Gasteiger partial charge in [-0.1, -0.05) is 13.0 Å². The molecular formula is C19H24N2O2. The van der Waals surface area contributed by atoms with Gasteiger partial charge in [-0.05, 0) is 56.8 Å². The molecule has 4 rings (SSSR count). The number of hydrogen-bond donors (Lipinski definition) is 1. The number of nitrogens with one attached hydrogen (secondary N) is 1. The Bertz CT molecular complexity index is 722. The van der Waals surface area contributed by atoms with Crippen LogP contribution in [0, 0.1) is 0 Å². The van der Waals surface area contributed by atoms with Crippen LogP contribution in [-0.4, -0.2) is 36.0 Å². The van der Waals surface area contributed by atoms with Crippen LogP contribution in [0.25, 0.3) is 11.0 Å². The lowest BCUT2D eigenvalue weighted by molar-refractivity contribution is 0.0883. The second-order valence-electron chi connectivity index (χ2n) is 7.03. The molecule has 3 heterocycles. The summed E-state index contributed by atoms with van der Waals surface area (Å²) in [6.07, 6.45) is 7.22. The molecule has 3 atom stereocenters. The first-order valence-electron chi connectivity index (χ1n) is 8.68. The van der Waals surface area contributed by atoms with E-state index >= 15 is 0 Å². The summed E-state index contributed by atoms with van der Waals surface area (Å²) in [4.78, 5) is 15.2. The third-order valence-electron chi connectivity index (χ3n) is 5.72. The van der Waals surface area contributed by atoms with Crippen LogP contribution in [0.3, 0.4) is 0 Å². The molecule has 2 aliphatic heterocycles. The van der Waals surface area contributed by atoms with E-state index in [2.05, 4.69) is 36.3 Å². The molecule has 1 unspecified atom stereocenters. The normalized spacial score (nSPS) is 27.5. The van der Waals surface area contributed by atoms with Crippen molar-refractivity contribution in [2.75, 3.05) is 7.05 Å². The topological polar surface area (TPSA) is 45.5 Å². The number of fused-ring (bicyclic) bond motifs is 3. The van der Waals surface area contributed by atoms with Gasteiger partial charge in [-0.15, -0.1) is 0 Å². The molecule has 2 aliphatic rings. The molecule has 2 fully saturated rings. The highest BCUT2D eigenvalue weighted by molar-refractivity contribution is 6.06. The molecule has 0 aliphatic carbocycles. The number of nitrogens with zero attached hydrogens (tertiary/aromatic N) is 1. The zero-order valence-electron chi connectivity index (χ0n) is 13.8. The minimum atomic E-state index is 0.00551. The fourth-order valence-corrected chi connectivity index (χ4v) is 4.26. The first-order chi connectivity index (χ1) is 11.2. The first kappa shape index (κ1) is 14.8. The third kappa shape index (κ3) is 2.55. The Morgan fingerprint density at radius 1 is 1.30 bits per heavy atom. The molecule has 2 bridgehead atoms. The highest BCUT2D eigenvalue weighted by Gasteiger charge is 2.39. The van der Waals surface area contributed by atoms with E-state index in [4.69, 9.17) is 4.42 Å². The summed E-state index contributed by atoms with van der Waals surface area (Å²) in [5.41, 5.74) is 2.68. The average Bonchev–Trinajstić information content (AvgIpc) is 3.04. The molecule has 1 N–H and O–H groups in total. The number of amides is 1. The molecule has 4 heteroatoms. The van der Waals surface area contributed by atoms with E-state index in [0.717, 1.165) is 30.2 Å². The van der Waals surface area contributed by atoms with Gasteiger partial charge < -0.3 is 14.6 Å². The van der Waals surface area contributed by atoms with Gasteiger partial charge in [0.25, 0.3) is 5.91 Å². The smallest absolute Gasteiger partial charge is 0.255 e. The molecule has 1 amide bonds. The number of aryl methyl sites for hydroxylation is 1. The van der Waals surface area contributed by atoms with Crippen LogP contribution in [-0.2, 0) is 6.42 Å². The van der Waals surface area contributed by atoms with Gasteiger partial charge in [-0.3, -0.25) is 4.79 Å². The zero-order valence-corrected chi connectivity index (χ0v) is 13.8. The lowest BCUT2D eigenvalue weighted by atomic mass is 9.97. The van der Waals surface area contributed by atoms with E-state index in [9.17, 15) is 4.79 Å². The van der Waals surface area contributed by atoms with Gasteiger partial charge in [-0.2, -0.15) is 0 Å². The lowest BCUT2D eigenvalue weighted by Crippen LogP contribution is -2.48. The molecule has 0 saturated carbocycles. The molecule has 4 nitrogen and oxygen atoms in total. The number of carbonyl (C=O) groups is 1. The Balaban J connectivity index is 1.53. The van der Waals surface area contributed by atoms with Gasteiger partial charge in [0.15, 0.2) is 0 Å². The van der Waals surface area contributed by atoms with Crippen molar-refractivity contribution in [3.63, 3.8) is 0 Å². The number of carbonyl (C=O) groups excluding carboxylic acids is 1. The fraction of sp³-hybridized carbons (Fsp3) is 0.526. The van der Waals surface area contributed by atoms with Crippen molar-refractivity contribution < 1.29 is 9.21 Å². The van der Waals surface area contributed by atoms with Gasteiger partial charge in [0, 0.05) is 23.5 Å². The van der Waals surface area contributed by atoms with Gasteiger partial charge in [-0.25, -0.2) is 0 Å². The van der Waals surface area contributed by atoms with E-state index in [1.54, 1.807) is 6.26 Å². The monoisotopic (exact) mass is 312 g/mol. The van der Waals surface area contributed by atoms with Crippen molar-refractivity contribution >= 4 is 16.9 Å². The first-order valence-corrected chi connectivity index (χ1v) is 8.68. The minimum absolute atomic E-state index is 0.00551. The van der Waals surface area contributed by atoms with Crippen molar-refractivity contribution in [2.45, 2.75) is 57.2 Å². The van der Waals surface area contributed by atoms with E-state index in [-0.39, 0.29) is 11.9 Å². The Kier molecular flexibility index (Phi) is 3.64. The summed E-state index contributed by atoms with van der Waals surface area (Å²) in [5.74, 6) is 0.00551. The highest BCUT2D eigenvalue weighted by Crippen LogP contribution is 2.34. The molecule has 1 aromatic carbocycles. The van der Waals surface area contributed by atoms with Crippen molar-refractivity contribution in [1.82, 2.24) is 10.2 Å². The Morgan fingerprint density at radius 2 is 2.04 bits per heavy atom. The molecule has 2 aromatic rings. The quantitative estimate of drug-likeness (QED) is 0.945. The van der Waals surface area contributed by atoms with Crippen LogP contribution in [0.2, 0.25) is 0 Å². The van der Waals surface area contributed by atoms with E-state index in [1.165, 1.54) is 18.4 Å². The van der Waals surface area contributed by atoms with E-state index in [0.29, 0.717) is 17.6 Å². The summed E-state index contributed by atoms with van der Waals surface area (Å²) in [5, 5.41) is 4.18. The second-order valence-corrected chi connectivity index (χ2v) is 7.03. The Labute approximate surface area is 136 Å². The molecule has 122 valence electrons. The highest BCUT2D eigenvalue weighted by atomic mass is 16.3. The fourth-order valence-electron chi connectivity index (χ4n) is 4.26. The summed E-state index contributed by atoms with van der Waals surface area (Å²) in [7, 11) is 2.22. The molecule has 2 saturated heterocycles. The molecule has 0 spiro atoms. The lowest BCUT2D eigenvalue weighted by Gasteiger charge is -2.36. The summed E-state index contributed by atoms with van der Waals surface area (Å²) in [6.45, 7) is 2.12. The maximum atomic E-state index is 12.7. The third-order valence-corrected chi connectivity index (χ3v) is 5.72. The number of hydrogen-bond acceptors (Lipinski definition) is 3. The number of piperidine rings is 1. The SMILES string of the molecule is CCc1ccc2occ(C(=O)NC3C[C@H]4CC[C@@H](C3)N4C)c2c1. The van der Waals surface area contributed by atoms with Crippen LogP contribution < -0.4 is 5.32 Å². The second kappa shape index (κ2) is 5.68. The molecular weight excluding hydrogens is 288 g/mol. The van der Waals surface area contributed by atoms with Gasteiger partial charge in [0.1, 0.15) is 11.8 Å². The standard InChI is InChI=1S/C19H24N2O2/c1-3-12-4-7-18-16(8-12)17(11-23-18)19(22)20-13-9-14-5-6-15(10-13)21(14)2/h4,7-8,11,13-15H,3,5-6,9-10H2,1-2H3,(H,20,22)/t13?,14-,15+. The van der Waals surface area contributed by atoms with Crippen molar-refractivity contribution in [3.05, 3.63) is 35.6 Å². The average molecular weight is 312 g/mol. The van der Waals surface area contributed by atoms with Crippen LogP contribution >= 0.6 is 0 Å². The summed E-state index contributed by atoms with van der Waals surface area (Å²) in [6, 6.07) is 7.64. The van der Waals surface area contributed by atoms with Crippen LogP contribution in [0.15, 0.2) is 28.9 Å². The Hall–Kier alpha value is -1.81. The van der Waals surface area contributed by atoms with Crippen LogP contribution in [0.5, 0.6) is 0 Å². The van der Waals surface area contributed by atoms with Crippen molar-refractivity contribution in [1.29, 1.82) is 0 Å².